The zero-order chi connectivity index (χ0) is 19.6. The number of aromatic nitrogens is 1. The van der Waals surface area contributed by atoms with Gasteiger partial charge in [0.1, 0.15) is 5.56 Å². The van der Waals surface area contributed by atoms with E-state index in [2.05, 4.69) is 5.32 Å². The second kappa shape index (κ2) is 7.88. The SMILES string of the molecule is CCC(CO)NC(=O)c1cc2c(n(-c3ccc(C)cc3)c1=O)CCCC2=O. The molecule has 142 valence electrons. The Kier molecular flexibility index (Phi) is 5.56. The molecule has 1 aromatic heterocycles. The summed E-state index contributed by atoms with van der Waals surface area (Å²) in [6, 6.07) is 8.41. The molecular weight excluding hydrogens is 344 g/mol. The summed E-state index contributed by atoms with van der Waals surface area (Å²) in [5.41, 5.74) is 2.27. The monoisotopic (exact) mass is 368 g/mol. The van der Waals surface area contributed by atoms with Crippen LogP contribution in [0.5, 0.6) is 0 Å². The molecule has 2 aromatic rings. The third kappa shape index (κ3) is 3.71. The number of rotatable bonds is 5. The maximum atomic E-state index is 13.2. The summed E-state index contributed by atoms with van der Waals surface area (Å²) < 4.78 is 1.49. The van der Waals surface area contributed by atoms with E-state index in [-0.39, 0.29) is 18.0 Å². The smallest absolute Gasteiger partial charge is 0.268 e. The van der Waals surface area contributed by atoms with Crippen molar-refractivity contribution in [3.63, 3.8) is 0 Å². The van der Waals surface area contributed by atoms with Gasteiger partial charge in [-0.2, -0.15) is 0 Å². The number of nitrogens with one attached hydrogen (secondary N) is 1. The zero-order valence-corrected chi connectivity index (χ0v) is 15.6. The van der Waals surface area contributed by atoms with E-state index in [4.69, 9.17) is 0 Å². The number of carbonyl (C=O) groups excluding carboxylic acids is 2. The number of Topliss-reactive ketones (excluding diaryl/α,β-unsaturated/α-hetero) is 1. The van der Waals surface area contributed by atoms with Crippen LogP contribution >= 0.6 is 0 Å². The van der Waals surface area contributed by atoms with E-state index < -0.39 is 17.5 Å². The molecule has 1 atom stereocenters. The van der Waals surface area contributed by atoms with E-state index in [0.717, 1.165) is 5.56 Å². The number of ketones is 1. The molecule has 2 N–H and O–H groups in total. The van der Waals surface area contributed by atoms with Crippen molar-refractivity contribution in [2.24, 2.45) is 0 Å². The summed E-state index contributed by atoms with van der Waals surface area (Å²) in [7, 11) is 0. The number of pyridine rings is 1. The van der Waals surface area contributed by atoms with Crippen molar-refractivity contribution in [1.29, 1.82) is 0 Å². The van der Waals surface area contributed by atoms with E-state index in [1.165, 1.54) is 10.6 Å². The molecule has 0 radical (unpaired) electrons. The molecule has 1 aromatic carbocycles. The van der Waals surface area contributed by atoms with E-state index >= 15 is 0 Å². The fourth-order valence-electron chi connectivity index (χ4n) is 3.36. The van der Waals surface area contributed by atoms with Gasteiger partial charge >= 0.3 is 0 Å². The first-order chi connectivity index (χ1) is 13.0. The van der Waals surface area contributed by atoms with Gasteiger partial charge in [0.2, 0.25) is 0 Å². The van der Waals surface area contributed by atoms with Gasteiger partial charge < -0.3 is 10.4 Å². The van der Waals surface area contributed by atoms with Gasteiger partial charge in [-0.1, -0.05) is 24.6 Å². The average Bonchev–Trinajstić information content (AvgIpc) is 2.67. The number of aliphatic hydroxyl groups is 1. The zero-order valence-electron chi connectivity index (χ0n) is 15.6. The van der Waals surface area contributed by atoms with Crippen LogP contribution in [0.25, 0.3) is 5.69 Å². The second-order valence-corrected chi connectivity index (χ2v) is 6.93. The topological polar surface area (TPSA) is 88.4 Å². The van der Waals surface area contributed by atoms with Crippen LogP contribution in [0.4, 0.5) is 0 Å². The molecule has 0 saturated heterocycles. The number of amides is 1. The molecule has 0 fully saturated rings. The Labute approximate surface area is 157 Å². The van der Waals surface area contributed by atoms with E-state index in [0.29, 0.717) is 42.6 Å². The summed E-state index contributed by atoms with van der Waals surface area (Å²) in [4.78, 5) is 38.3. The highest BCUT2D eigenvalue weighted by atomic mass is 16.3. The molecule has 1 amide bonds. The van der Waals surface area contributed by atoms with Crippen LogP contribution in [0.1, 0.15) is 58.2 Å². The average molecular weight is 368 g/mol. The molecule has 1 aliphatic rings. The number of hydrogen-bond acceptors (Lipinski definition) is 4. The highest BCUT2D eigenvalue weighted by molar-refractivity contribution is 6.02. The Morgan fingerprint density at radius 2 is 1.93 bits per heavy atom. The van der Waals surface area contributed by atoms with Crippen LogP contribution in [0.2, 0.25) is 0 Å². The standard InChI is InChI=1S/C21H24N2O4/c1-3-14(12-24)22-20(26)17-11-16-18(5-4-6-19(16)25)23(21(17)27)15-9-7-13(2)8-10-15/h7-11,14,24H,3-6,12H2,1-2H3,(H,22,26). The predicted molar refractivity (Wildman–Crippen MR) is 103 cm³/mol. The number of hydrogen-bond donors (Lipinski definition) is 2. The van der Waals surface area contributed by atoms with Crippen LogP contribution in [-0.4, -0.2) is 34.0 Å². The third-order valence-corrected chi connectivity index (χ3v) is 5.01. The molecule has 0 aliphatic heterocycles. The lowest BCUT2D eigenvalue weighted by Crippen LogP contribution is -2.41. The van der Waals surface area contributed by atoms with Crippen molar-refractivity contribution in [3.05, 3.63) is 63.1 Å². The van der Waals surface area contributed by atoms with E-state index in [1.807, 2.05) is 38.1 Å². The normalized spacial score (nSPS) is 14.6. The quantitative estimate of drug-likeness (QED) is 0.847. The highest BCUT2D eigenvalue weighted by Crippen LogP contribution is 2.23. The van der Waals surface area contributed by atoms with Gasteiger partial charge in [0, 0.05) is 23.4 Å². The first-order valence-corrected chi connectivity index (χ1v) is 9.27. The van der Waals surface area contributed by atoms with Crippen LogP contribution in [0.15, 0.2) is 35.1 Å². The van der Waals surface area contributed by atoms with Crippen molar-refractivity contribution in [3.8, 4) is 5.69 Å². The summed E-state index contributed by atoms with van der Waals surface area (Å²) in [5.74, 6) is -0.622. The maximum absolute atomic E-state index is 13.2. The first kappa shape index (κ1) is 19.0. The van der Waals surface area contributed by atoms with Gasteiger partial charge in [0.25, 0.3) is 11.5 Å². The highest BCUT2D eigenvalue weighted by Gasteiger charge is 2.26. The maximum Gasteiger partial charge on any atom is 0.268 e. The molecule has 0 spiro atoms. The molecule has 3 rings (SSSR count). The molecule has 0 bridgehead atoms. The molecule has 0 saturated carbocycles. The van der Waals surface area contributed by atoms with Crippen molar-refractivity contribution in [2.75, 3.05) is 6.61 Å². The second-order valence-electron chi connectivity index (χ2n) is 6.93. The van der Waals surface area contributed by atoms with Crippen LogP contribution in [0.3, 0.4) is 0 Å². The summed E-state index contributed by atoms with van der Waals surface area (Å²) in [6.07, 6.45) is 2.25. The lowest BCUT2D eigenvalue weighted by molar-refractivity contribution is 0.0913. The van der Waals surface area contributed by atoms with Crippen LogP contribution in [0, 0.1) is 6.92 Å². The minimum absolute atomic E-state index is 0.0552. The Morgan fingerprint density at radius 1 is 1.22 bits per heavy atom. The molecule has 1 aliphatic carbocycles. The number of aryl methyl sites for hydroxylation is 1. The fourth-order valence-corrected chi connectivity index (χ4v) is 3.36. The summed E-state index contributed by atoms with van der Waals surface area (Å²) in [5, 5.41) is 12.0. The first-order valence-electron chi connectivity index (χ1n) is 9.27. The van der Waals surface area contributed by atoms with Crippen LogP contribution < -0.4 is 10.9 Å². The lowest BCUT2D eigenvalue weighted by atomic mass is 9.92. The van der Waals surface area contributed by atoms with Crippen molar-refractivity contribution < 1.29 is 14.7 Å². The molecule has 27 heavy (non-hydrogen) atoms. The molecule has 6 nitrogen and oxygen atoms in total. The number of benzene rings is 1. The number of fused-ring (bicyclic) bond motifs is 1. The Hall–Kier alpha value is -2.73. The van der Waals surface area contributed by atoms with Gasteiger partial charge in [-0.25, -0.2) is 0 Å². The van der Waals surface area contributed by atoms with Crippen molar-refractivity contribution in [1.82, 2.24) is 9.88 Å². The summed E-state index contributed by atoms with van der Waals surface area (Å²) in [6.45, 7) is 3.58. The van der Waals surface area contributed by atoms with Gasteiger partial charge in [0.05, 0.1) is 12.6 Å². The number of aliphatic hydroxyl groups excluding tert-OH is 1. The molecular formula is C21H24N2O4. The number of nitrogens with zero attached hydrogens (tertiary/aromatic N) is 1. The van der Waals surface area contributed by atoms with Gasteiger partial charge in [-0.3, -0.25) is 19.0 Å². The van der Waals surface area contributed by atoms with Crippen molar-refractivity contribution in [2.45, 2.75) is 45.6 Å². The molecule has 6 heteroatoms. The molecule has 1 unspecified atom stereocenters. The van der Waals surface area contributed by atoms with Gasteiger partial charge in [-0.15, -0.1) is 0 Å². The van der Waals surface area contributed by atoms with Gasteiger partial charge in [-0.05, 0) is 44.4 Å². The minimum Gasteiger partial charge on any atom is -0.394 e. The Morgan fingerprint density at radius 3 is 2.56 bits per heavy atom. The summed E-state index contributed by atoms with van der Waals surface area (Å²) >= 11 is 0. The number of carbonyl (C=O) groups is 2. The van der Waals surface area contributed by atoms with Gasteiger partial charge in [0.15, 0.2) is 5.78 Å². The predicted octanol–water partition coefficient (Wildman–Crippen LogP) is 2.17. The Balaban J connectivity index is 2.18. The fraction of sp³-hybridized carbons (Fsp3) is 0.381. The lowest BCUT2D eigenvalue weighted by Gasteiger charge is -2.22. The van der Waals surface area contributed by atoms with Crippen LogP contribution in [-0.2, 0) is 6.42 Å². The molecule has 1 heterocycles. The largest absolute Gasteiger partial charge is 0.394 e. The van der Waals surface area contributed by atoms with Crippen molar-refractivity contribution >= 4 is 11.7 Å². The Bertz CT molecular complexity index is 924. The van der Waals surface area contributed by atoms with E-state index in [1.54, 1.807) is 0 Å². The van der Waals surface area contributed by atoms with E-state index in [9.17, 15) is 19.5 Å². The third-order valence-electron chi connectivity index (χ3n) is 5.01. The minimum atomic E-state index is -0.567.